The number of methoxy groups -OCH3 is 1. The van der Waals surface area contributed by atoms with Gasteiger partial charge in [-0.05, 0) is 62.4 Å². The molecule has 1 aliphatic carbocycles. The van der Waals surface area contributed by atoms with Gasteiger partial charge in [0, 0.05) is 16.5 Å². The van der Waals surface area contributed by atoms with E-state index >= 15 is 0 Å². The lowest BCUT2D eigenvalue weighted by Crippen LogP contribution is -2.36. The van der Waals surface area contributed by atoms with E-state index in [9.17, 15) is 9.59 Å². The summed E-state index contributed by atoms with van der Waals surface area (Å²) in [5.41, 5.74) is 2.60. The molecular weight excluding hydrogens is 422 g/mol. The molecule has 4 rings (SSSR count). The van der Waals surface area contributed by atoms with Gasteiger partial charge in [-0.15, -0.1) is 11.3 Å². The third-order valence-electron chi connectivity index (χ3n) is 5.70. The van der Waals surface area contributed by atoms with E-state index in [1.165, 1.54) is 16.9 Å². The Labute approximate surface area is 192 Å². The molecule has 2 amide bonds. The second kappa shape index (κ2) is 9.96. The number of anilines is 1. The third kappa shape index (κ3) is 5.16. The Kier molecular flexibility index (Phi) is 6.85. The average molecular weight is 450 g/mol. The van der Waals surface area contributed by atoms with Crippen molar-refractivity contribution in [2.75, 3.05) is 12.4 Å². The van der Waals surface area contributed by atoms with E-state index in [4.69, 9.17) is 4.74 Å². The Balaban J connectivity index is 1.34. The molecule has 1 aromatic heterocycles. The summed E-state index contributed by atoms with van der Waals surface area (Å²) < 4.78 is 5.13. The second-order valence-corrected chi connectivity index (χ2v) is 9.12. The monoisotopic (exact) mass is 449 g/mol. The molecule has 0 saturated carbocycles. The number of amides is 2. The number of hydrogen-bond acceptors (Lipinski definition) is 5. The van der Waals surface area contributed by atoms with E-state index in [2.05, 4.69) is 27.8 Å². The zero-order valence-electron chi connectivity index (χ0n) is 18.3. The minimum absolute atomic E-state index is 0.0163. The predicted molar refractivity (Wildman–Crippen MR) is 126 cm³/mol. The summed E-state index contributed by atoms with van der Waals surface area (Å²) in [4.78, 5) is 31.1. The number of carbonyl (C=O) groups excluding carboxylic acids is 2. The quantitative estimate of drug-likeness (QED) is 0.528. The van der Waals surface area contributed by atoms with Crippen LogP contribution in [-0.4, -0.2) is 29.9 Å². The van der Waals surface area contributed by atoms with Crippen LogP contribution in [0.5, 0.6) is 5.75 Å². The van der Waals surface area contributed by atoms with E-state index in [1.807, 2.05) is 25.1 Å². The molecule has 0 spiro atoms. The fraction of sp³-hybridized carbons (Fsp3) is 0.320. The molecule has 1 heterocycles. The number of rotatable bonds is 8. The number of hydrogen-bond donors (Lipinski definition) is 2. The SMILES string of the molecule is COc1ccc(C(=O)Nc2nc3c(s2)CCC3C(=O)NC(C)CCc2ccccc2)cc1. The van der Waals surface area contributed by atoms with Crippen molar-refractivity contribution in [1.29, 1.82) is 0 Å². The molecule has 2 unspecified atom stereocenters. The number of thiazole rings is 1. The number of aryl methyl sites for hydroxylation is 2. The molecular formula is C25H27N3O3S. The van der Waals surface area contributed by atoms with E-state index < -0.39 is 0 Å². The molecule has 2 atom stereocenters. The first-order valence-corrected chi connectivity index (χ1v) is 11.6. The predicted octanol–water partition coefficient (Wildman–Crippen LogP) is 4.57. The maximum atomic E-state index is 12.9. The normalized spacial score (nSPS) is 15.6. The summed E-state index contributed by atoms with van der Waals surface area (Å²) in [6.07, 6.45) is 3.38. The summed E-state index contributed by atoms with van der Waals surface area (Å²) in [6, 6.07) is 17.3. The molecule has 166 valence electrons. The molecule has 3 aromatic rings. The van der Waals surface area contributed by atoms with E-state index in [1.54, 1.807) is 31.4 Å². The number of fused-ring (bicyclic) bond motifs is 1. The van der Waals surface area contributed by atoms with Crippen LogP contribution in [0.1, 0.15) is 52.2 Å². The highest BCUT2D eigenvalue weighted by Gasteiger charge is 2.33. The van der Waals surface area contributed by atoms with Gasteiger partial charge >= 0.3 is 0 Å². The Morgan fingerprint density at radius 2 is 1.91 bits per heavy atom. The number of nitrogens with zero attached hydrogens (tertiary/aromatic N) is 1. The Hall–Kier alpha value is -3.19. The van der Waals surface area contributed by atoms with Crippen LogP contribution >= 0.6 is 11.3 Å². The topological polar surface area (TPSA) is 80.3 Å². The van der Waals surface area contributed by atoms with Gasteiger partial charge in [-0.2, -0.15) is 0 Å². The highest BCUT2D eigenvalue weighted by atomic mass is 32.1. The van der Waals surface area contributed by atoms with Crippen molar-refractivity contribution in [2.45, 2.75) is 44.6 Å². The summed E-state index contributed by atoms with van der Waals surface area (Å²) in [6.45, 7) is 2.04. The van der Waals surface area contributed by atoms with Crippen molar-refractivity contribution in [2.24, 2.45) is 0 Å². The van der Waals surface area contributed by atoms with Gasteiger partial charge in [0.05, 0.1) is 18.7 Å². The van der Waals surface area contributed by atoms with Crippen LogP contribution < -0.4 is 15.4 Å². The highest BCUT2D eigenvalue weighted by Crippen LogP contribution is 2.38. The lowest BCUT2D eigenvalue weighted by Gasteiger charge is -2.17. The summed E-state index contributed by atoms with van der Waals surface area (Å²) >= 11 is 1.45. The van der Waals surface area contributed by atoms with Crippen molar-refractivity contribution in [3.05, 3.63) is 76.3 Å². The second-order valence-electron chi connectivity index (χ2n) is 8.04. The Morgan fingerprint density at radius 1 is 1.16 bits per heavy atom. The highest BCUT2D eigenvalue weighted by molar-refractivity contribution is 7.16. The maximum absolute atomic E-state index is 12.9. The fourth-order valence-corrected chi connectivity index (χ4v) is 4.92. The first kappa shape index (κ1) is 22.0. The molecule has 0 saturated heterocycles. The average Bonchev–Trinajstić information content (AvgIpc) is 3.38. The van der Waals surface area contributed by atoms with Crippen molar-refractivity contribution < 1.29 is 14.3 Å². The smallest absolute Gasteiger partial charge is 0.257 e. The number of nitrogens with one attached hydrogen (secondary N) is 2. The lowest BCUT2D eigenvalue weighted by molar-refractivity contribution is -0.123. The molecule has 6 nitrogen and oxygen atoms in total. The molecule has 2 N–H and O–H groups in total. The van der Waals surface area contributed by atoms with Gasteiger partial charge in [0.2, 0.25) is 5.91 Å². The van der Waals surface area contributed by atoms with Gasteiger partial charge in [0.15, 0.2) is 5.13 Å². The summed E-state index contributed by atoms with van der Waals surface area (Å²) in [5, 5.41) is 6.54. The Morgan fingerprint density at radius 3 is 2.62 bits per heavy atom. The first-order chi connectivity index (χ1) is 15.5. The van der Waals surface area contributed by atoms with Crippen molar-refractivity contribution >= 4 is 28.3 Å². The Bertz CT molecular complexity index is 1080. The zero-order valence-corrected chi connectivity index (χ0v) is 19.1. The molecule has 7 heteroatoms. The van der Waals surface area contributed by atoms with E-state index in [0.717, 1.165) is 36.3 Å². The van der Waals surface area contributed by atoms with Crippen molar-refractivity contribution in [3.8, 4) is 5.75 Å². The molecule has 1 aliphatic rings. The van der Waals surface area contributed by atoms with Gasteiger partial charge in [0.25, 0.3) is 5.91 Å². The van der Waals surface area contributed by atoms with Crippen LogP contribution in [0.2, 0.25) is 0 Å². The van der Waals surface area contributed by atoms with Crippen LogP contribution in [0.15, 0.2) is 54.6 Å². The lowest BCUT2D eigenvalue weighted by atomic mass is 10.0. The summed E-state index contributed by atoms with van der Waals surface area (Å²) in [7, 11) is 1.59. The third-order valence-corrected chi connectivity index (χ3v) is 6.75. The minimum Gasteiger partial charge on any atom is -0.497 e. The maximum Gasteiger partial charge on any atom is 0.257 e. The largest absolute Gasteiger partial charge is 0.497 e. The van der Waals surface area contributed by atoms with E-state index in [0.29, 0.717) is 16.4 Å². The first-order valence-electron chi connectivity index (χ1n) is 10.8. The minimum atomic E-state index is -0.257. The van der Waals surface area contributed by atoms with Gasteiger partial charge in [-0.3, -0.25) is 14.9 Å². The van der Waals surface area contributed by atoms with Gasteiger partial charge in [-0.1, -0.05) is 30.3 Å². The number of carbonyl (C=O) groups is 2. The fourth-order valence-electron chi connectivity index (χ4n) is 3.89. The van der Waals surface area contributed by atoms with Crippen molar-refractivity contribution in [3.63, 3.8) is 0 Å². The van der Waals surface area contributed by atoms with Crippen LogP contribution in [0.4, 0.5) is 5.13 Å². The van der Waals surface area contributed by atoms with Gasteiger partial charge < -0.3 is 10.1 Å². The molecule has 2 aromatic carbocycles. The number of ether oxygens (including phenoxy) is 1. The standard InChI is InChI=1S/C25H27N3O3S/c1-16(8-9-17-6-4-3-5-7-17)26-24(30)20-14-15-21-22(20)27-25(32-21)28-23(29)18-10-12-19(31-2)13-11-18/h3-7,10-13,16,20H,8-9,14-15H2,1-2H3,(H,26,30)(H,27,28,29). The zero-order chi connectivity index (χ0) is 22.5. The van der Waals surface area contributed by atoms with E-state index in [-0.39, 0.29) is 23.8 Å². The van der Waals surface area contributed by atoms with Crippen molar-refractivity contribution in [1.82, 2.24) is 10.3 Å². The van der Waals surface area contributed by atoms with Crippen LogP contribution in [0.3, 0.4) is 0 Å². The van der Waals surface area contributed by atoms with Gasteiger partial charge in [0.1, 0.15) is 5.75 Å². The molecule has 0 radical (unpaired) electrons. The summed E-state index contributed by atoms with van der Waals surface area (Å²) in [5.74, 6) is 0.229. The van der Waals surface area contributed by atoms with Crippen LogP contribution in [0.25, 0.3) is 0 Å². The number of aromatic nitrogens is 1. The molecule has 32 heavy (non-hydrogen) atoms. The number of benzene rings is 2. The van der Waals surface area contributed by atoms with Gasteiger partial charge in [-0.25, -0.2) is 4.98 Å². The molecule has 0 bridgehead atoms. The van der Waals surface area contributed by atoms with Crippen LogP contribution in [0, 0.1) is 0 Å². The molecule has 0 aliphatic heterocycles. The van der Waals surface area contributed by atoms with Crippen LogP contribution in [-0.2, 0) is 17.6 Å². The molecule has 0 fully saturated rings.